The molecule has 1 amide bonds. The van der Waals surface area contributed by atoms with Crippen molar-refractivity contribution in [3.8, 4) is 0 Å². The number of carbonyl (C=O) groups is 2. The van der Waals surface area contributed by atoms with Crippen LogP contribution >= 0.6 is 0 Å². The van der Waals surface area contributed by atoms with E-state index in [0.29, 0.717) is 19.5 Å². The molecule has 19 heavy (non-hydrogen) atoms. The summed E-state index contributed by atoms with van der Waals surface area (Å²) in [5, 5.41) is 9.18. The van der Waals surface area contributed by atoms with Crippen molar-refractivity contribution in [3.63, 3.8) is 0 Å². The van der Waals surface area contributed by atoms with Crippen LogP contribution < -0.4 is 0 Å². The van der Waals surface area contributed by atoms with Crippen molar-refractivity contribution < 1.29 is 19.4 Å². The number of carboxylic acids is 1. The number of hydrogen-bond donors (Lipinski definition) is 1. The Balaban J connectivity index is 2.68. The second-order valence-electron chi connectivity index (χ2n) is 6.34. The van der Waals surface area contributed by atoms with Gasteiger partial charge < -0.3 is 14.7 Å². The maximum Gasteiger partial charge on any atom is 0.410 e. The van der Waals surface area contributed by atoms with Gasteiger partial charge in [0.05, 0.1) is 5.41 Å². The second-order valence-corrected chi connectivity index (χ2v) is 6.34. The fourth-order valence-electron chi connectivity index (χ4n) is 1.87. The van der Waals surface area contributed by atoms with Crippen LogP contribution in [0.15, 0.2) is 11.6 Å². The van der Waals surface area contributed by atoms with E-state index in [4.69, 9.17) is 4.74 Å². The van der Waals surface area contributed by atoms with Crippen LogP contribution in [0, 0.1) is 5.41 Å². The fourth-order valence-corrected chi connectivity index (χ4v) is 1.87. The molecule has 0 unspecified atom stereocenters. The summed E-state index contributed by atoms with van der Waals surface area (Å²) >= 11 is 0. The predicted octanol–water partition coefficient (Wildman–Crippen LogP) is 2.66. The quantitative estimate of drug-likeness (QED) is 0.783. The highest BCUT2D eigenvalue weighted by molar-refractivity contribution is 5.78. The number of ether oxygens (including phenoxy) is 1. The van der Waals surface area contributed by atoms with E-state index in [2.05, 4.69) is 0 Å². The second kappa shape index (κ2) is 5.23. The number of carbonyl (C=O) groups excluding carboxylic acids is 1. The van der Waals surface area contributed by atoms with Crippen LogP contribution in [0.25, 0.3) is 0 Å². The summed E-state index contributed by atoms with van der Waals surface area (Å²) in [5.41, 5.74) is -0.527. The van der Waals surface area contributed by atoms with E-state index in [9.17, 15) is 14.7 Å². The third kappa shape index (κ3) is 3.98. The van der Waals surface area contributed by atoms with Gasteiger partial charge in [-0.3, -0.25) is 4.79 Å². The summed E-state index contributed by atoms with van der Waals surface area (Å²) < 4.78 is 5.29. The standard InChI is InChI=1S/C14H23NO4/c1-13(2,3)19-12(18)15-8-6-10(7-9-15)14(4,5)11(16)17/h6H,7-9H2,1-5H3,(H,16,17). The maximum absolute atomic E-state index is 11.9. The zero-order chi connectivity index (χ0) is 14.8. The lowest BCUT2D eigenvalue weighted by atomic mass is 9.81. The molecule has 0 bridgehead atoms. The average Bonchev–Trinajstić information content (AvgIpc) is 2.26. The average molecular weight is 269 g/mol. The largest absolute Gasteiger partial charge is 0.481 e. The van der Waals surface area contributed by atoms with E-state index in [-0.39, 0.29) is 6.09 Å². The van der Waals surface area contributed by atoms with Crippen LogP contribution in [0.1, 0.15) is 41.0 Å². The van der Waals surface area contributed by atoms with Gasteiger partial charge in [0.1, 0.15) is 5.60 Å². The van der Waals surface area contributed by atoms with Gasteiger partial charge in [-0.1, -0.05) is 11.6 Å². The minimum absolute atomic E-state index is 0.351. The molecule has 0 aromatic carbocycles. The van der Waals surface area contributed by atoms with Gasteiger partial charge in [-0.25, -0.2) is 4.79 Å². The van der Waals surface area contributed by atoms with Gasteiger partial charge in [0.25, 0.3) is 0 Å². The molecule has 0 saturated carbocycles. The van der Waals surface area contributed by atoms with Gasteiger partial charge in [0.2, 0.25) is 0 Å². The first-order valence-electron chi connectivity index (χ1n) is 6.45. The molecule has 1 N–H and O–H groups in total. The Kier molecular flexibility index (Phi) is 4.28. The van der Waals surface area contributed by atoms with Gasteiger partial charge in [-0.05, 0) is 41.0 Å². The SMILES string of the molecule is CC(C)(C)OC(=O)N1CC=C(C(C)(C)C(=O)O)CC1. The molecule has 1 rings (SSSR count). The molecule has 1 heterocycles. The highest BCUT2D eigenvalue weighted by atomic mass is 16.6. The molecule has 0 aromatic heterocycles. The van der Waals surface area contributed by atoms with Crippen molar-refractivity contribution in [2.75, 3.05) is 13.1 Å². The first kappa shape index (κ1) is 15.5. The Bertz CT molecular complexity index is 404. The van der Waals surface area contributed by atoms with Gasteiger partial charge >= 0.3 is 12.1 Å². The van der Waals surface area contributed by atoms with Crippen LogP contribution in [0.3, 0.4) is 0 Å². The summed E-state index contributed by atoms with van der Waals surface area (Å²) in [5.74, 6) is -0.843. The highest BCUT2D eigenvalue weighted by Gasteiger charge is 2.34. The normalized spacial score (nSPS) is 16.9. The number of nitrogens with zero attached hydrogens (tertiary/aromatic N) is 1. The summed E-state index contributed by atoms with van der Waals surface area (Å²) in [6.07, 6.45) is 2.04. The Morgan fingerprint density at radius 1 is 1.26 bits per heavy atom. The molecule has 5 heteroatoms. The van der Waals surface area contributed by atoms with Crippen molar-refractivity contribution >= 4 is 12.1 Å². The molecular weight excluding hydrogens is 246 g/mol. The smallest absolute Gasteiger partial charge is 0.410 e. The molecule has 1 aliphatic heterocycles. The summed E-state index contributed by atoms with van der Waals surface area (Å²) in [4.78, 5) is 24.6. The first-order chi connectivity index (χ1) is 8.54. The molecular formula is C14H23NO4. The minimum Gasteiger partial charge on any atom is -0.481 e. The molecule has 0 spiro atoms. The molecule has 0 fully saturated rings. The van der Waals surface area contributed by atoms with Crippen LogP contribution in [0.2, 0.25) is 0 Å². The van der Waals surface area contributed by atoms with E-state index < -0.39 is 17.0 Å². The fraction of sp³-hybridized carbons (Fsp3) is 0.714. The van der Waals surface area contributed by atoms with Gasteiger partial charge in [0.15, 0.2) is 0 Å². The van der Waals surface area contributed by atoms with Crippen molar-refractivity contribution in [1.29, 1.82) is 0 Å². The Labute approximate surface area is 114 Å². The first-order valence-corrected chi connectivity index (χ1v) is 6.45. The number of carboxylic acid groups (broad SMARTS) is 1. The third-order valence-electron chi connectivity index (χ3n) is 3.20. The maximum atomic E-state index is 11.9. The van der Waals surface area contributed by atoms with E-state index in [1.807, 2.05) is 26.8 Å². The molecule has 0 aliphatic carbocycles. The van der Waals surface area contributed by atoms with Crippen LogP contribution in [0.5, 0.6) is 0 Å². The third-order valence-corrected chi connectivity index (χ3v) is 3.20. The summed E-state index contributed by atoms with van der Waals surface area (Å²) in [6, 6.07) is 0. The molecule has 0 saturated heterocycles. The molecule has 5 nitrogen and oxygen atoms in total. The zero-order valence-corrected chi connectivity index (χ0v) is 12.3. The number of aliphatic carboxylic acids is 1. The summed E-state index contributed by atoms with van der Waals surface area (Å²) in [6.45, 7) is 9.74. The van der Waals surface area contributed by atoms with Crippen molar-refractivity contribution in [2.24, 2.45) is 5.41 Å². The Morgan fingerprint density at radius 3 is 2.21 bits per heavy atom. The van der Waals surface area contributed by atoms with Crippen LogP contribution in [-0.2, 0) is 9.53 Å². The minimum atomic E-state index is -0.875. The van der Waals surface area contributed by atoms with Crippen LogP contribution in [-0.4, -0.2) is 40.8 Å². The number of amides is 1. The predicted molar refractivity (Wildman–Crippen MR) is 71.9 cm³/mol. The van der Waals surface area contributed by atoms with Gasteiger partial charge in [-0.2, -0.15) is 0 Å². The monoisotopic (exact) mass is 269 g/mol. The lowest BCUT2D eigenvalue weighted by molar-refractivity contribution is -0.144. The molecule has 1 aliphatic rings. The van der Waals surface area contributed by atoms with Crippen molar-refractivity contribution in [2.45, 2.75) is 46.6 Å². The van der Waals surface area contributed by atoms with Crippen LogP contribution in [0.4, 0.5) is 4.79 Å². The molecule has 108 valence electrons. The summed E-state index contributed by atoms with van der Waals surface area (Å²) in [7, 11) is 0. The highest BCUT2D eigenvalue weighted by Crippen LogP contribution is 2.31. The van der Waals surface area contributed by atoms with Gasteiger partial charge in [0, 0.05) is 13.1 Å². The van der Waals surface area contributed by atoms with E-state index >= 15 is 0 Å². The number of rotatable bonds is 2. The van der Waals surface area contributed by atoms with E-state index in [0.717, 1.165) is 5.57 Å². The van der Waals surface area contributed by atoms with Crippen molar-refractivity contribution in [3.05, 3.63) is 11.6 Å². The lowest BCUT2D eigenvalue weighted by Gasteiger charge is -2.33. The molecule has 0 aromatic rings. The topological polar surface area (TPSA) is 66.8 Å². The number of hydrogen-bond acceptors (Lipinski definition) is 3. The van der Waals surface area contributed by atoms with Gasteiger partial charge in [-0.15, -0.1) is 0 Å². The molecule has 0 atom stereocenters. The zero-order valence-electron chi connectivity index (χ0n) is 12.3. The Hall–Kier alpha value is -1.52. The lowest BCUT2D eigenvalue weighted by Crippen LogP contribution is -2.41. The van der Waals surface area contributed by atoms with E-state index in [1.165, 1.54) is 0 Å². The Morgan fingerprint density at radius 2 is 1.84 bits per heavy atom. The van der Waals surface area contributed by atoms with E-state index in [1.54, 1.807) is 18.7 Å². The molecule has 0 radical (unpaired) electrons. The van der Waals surface area contributed by atoms with Crippen molar-refractivity contribution in [1.82, 2.24) is 4.90 Å².